The Morgan fingerprint density at radius 3 is 2.25 bits per heavy atom. The Hall–Kier alpha value is -2.48. The van der Waals surface area contributed by atoms with Gasteiger partial charge in [-0.1, -0.05) is 12.1 Å². The number of benzene rings is 1. The molecule has 0 aliphatic heterocycles. The van der Waals surface area contributed by atoms with E-state index in [0.29, 0.717) is 5.75 Å². The predicted octanol–water partition coefficient (Wildman–Crippen LogP) is 1.72. The van der Waals surface area contributed by atoms with E-state index in [2.05, 4.69) is 5.32 Å². The number of carbonyl (C=O) groups excluding carboxylic acids is 1. The lowest BCUT2D eigenvalue weighted by Gasteiger charge is -2.26. The summed E-state index contributed by atoms with van der Waals surface area (Å²) in [5.74, 6) is -0.953. The van der Waals surface area contributed by atoms with Gasteiger partial charge in [-0.15, -0.1) is 0 Å². The zero-order valence-electron chi connectivity index (χ0n) is 14.3. The van der Waals surface area contributed by atoms with Crippen LogP contribution in [0.1, 0.15) is 32.4 Å². The van der Waals surface area contributed by atoms with Gasteiger partial charge < -0.3 is 29.7 Å². The molecule has 0 saturated carbocycles. The van der Waals surface area contributed by atoms with Gasteiger partial charge in [-0.05, 0) is 26.8 Å². The van der Waals surface area contributed by atoms with Crippen LogP contribution in [0.3, 0.4) is 0 Å². The van der Waals surface area contributed by atoms with E-state index < -0.39 is 29.8 Å². The van der Waals surface area contributed by atoms with Gasteiger partial charge in [0, 0.05) is 5.56 Å². The Morgan fingerprint density at radius 2 is 1.79 bits per heavy atom. The number of aliphatic hydroxyl groups is 1. The Bertz CT molecular complexity index is 595. The topological polar surface area (TPSA) is 114 Å². The van der Waals surface area contributed by atoms with E-state index in [1.165, 1.54) is 20.3 Å². The maximum atomic E-state index is 12.0. The van der Waals surface area contributed by atoms with E-state index in [1.807, 2.05) is 0 Å². The summed E-state index contributed by atoms with van der Waals surface area (Å²) in [7, 11) is 2.80. The van der Waals surface area contributed by atoms with Crippen LogP contribution in [0.15, 0.2) is 18.2 Å². The lowest BCUT2D eigenvalue weighted by molar-refractivity contribution is -0.148. The smallest absolute Gasteiger partial charge is 0.408 e. The molecule has 1 rings (SSSR count). The fraction of sp³-hybridized carbons (Fsp3) is 0.500. The van der Waals surface area contributed by atoms with Crippen LogP contribution >= 0.6 is 0 Å². The average Bonchev–Trinajstić information content (AvgIpc) is 2.49. The first kappa shape index (κ1) is 19.6. The van der Waals surface area contributed by atoms with Crippen LogP contribution in [0.4, 0.5) is 4.79 Å². The summed E-state index contributed by atoms with van der Waals surface area (Å²) in [5.41, 5.74) is -0.529. The van der Waals surface area contributed by atoms with Gasteiger partial charge in [-0.25, -0.2) is 9.59 Å². The van der Waals surface area contributed by atoms with E-state index in [1.54, 1.807) is 32.9 Å². The minimum Gasteiger partial charge on any atom is -0.493 e. The summed E-state index contributed by atoms with van der Waals surface area (Å²) in [4.78, 5) is 23.2. The number of amides is 1. The van der Waals surface area contributed by atoms with Gasteiger partial charge in [0.05, 0.1) is 20.3 Å². The molecule has 0 aliphatic carbocycles. The van der Waals surface area contributed by atoms with Gasteiger partial charge in [-0.2, -0.15) is 0 Å². The molecule has 0 radical (unpaired) electrons. The van der Waals surface area contributed by atoms with Gasteiger partial charge in [0.25, 0.3) is 0 Å². The van der Waals surface area contributed by atoms with Crippen molar-refractivity contribution in [3.63, 3.8) is 0 Å². The van der Waals surface area contributed by atoms with Crippen LogP contribution < -0.4 is 14.8 Å². The molecule has 0 unspecified atom stereocenters. The van der Waals surface area contributed by atoms with Crippen molar-refractivity contribution in [2.75, 3.05) is 14.2 Å². The number of nitrogens with one attached hydrogen (secondary N) is 1. The molecule has 0 fully saturated rings. The van der Waals surface area contributed by atoms with Crippen LogP contribution in [0.5, 0.6) is 11.5 Å². The highest BCUT2D eigenvalue weighted by Crippen LogP contribution is 2.36. The highest BCUT2D eigenvalue weighted by Gasteiger charge is 2.33. The monoisotopic (exact) mass is 341 g/mol. The van der Waals surface area contributed by atoms with Crippen molar-refractivity contribution in [2.24, 2.45) is 0 Å². The molecule has 8 nitrogen and oxygen atoms in total. The number of carboxylic acid groups (broad SMARTS) is 1. The number of ether oxygens (including phenoxy) is 3. The van der Waals surface area contributed by atoms with Crippen molar-refractivity contribution < 1.29 is 34.0 Å². The quantitative estimate of drug-likeness (QED) is 0.721. The Labute approximate surface area is 140 Å². The first-order chi connectivity index (χ1) is 11.1. The normalized spacial score (nSPS) is 13.6. The van der Waals surface area contributed by atoms with E-state index >= 15 is 0 Å². The summed E-state index contributed by atoms with van der Waals surface area (Å²) in [6.45, 7) is 5.00. The Kier molecular flexibility index (Phi) is 6.42. The molecular weight excluding hydrogens is 318 g/mol. The average molecular weight is 341 g/mol. The standard InChI is InChI=1S/C16H23NO7/c1-16(2,3)24-15(21)17-11(12(18)14(19)20)9-7-6-8-10(22-4)13(9)23-5/h6-8,11-12,18H,1-5H3,(H,17,21)(H,19,20)/t11-,12-/m1/s1. The van der Waals surface area contributed by atoms with Gasteiger partial charge in [0.15, 0.2) is 17.6 Å². The molecule has 1 amide bonds. The molecule has 1 aromatic rings. The number of methoxy groups -OCH3 is 2. The molecule has 0 heterocycles. The van der Waals surface area contributed by atoms with Gasteiger partial charge in [0.2, 0.25) is 0 Å². The summed E-state index contributed by atoms with van der Waals surface area (Å²) in [6, 6.07) is 3.44. The maximum absolute atomic E-state index is 12.0. The van der Waals surface area contributed by atoms with Crippen molar-refractivity contribution in [2.45, 2.75) is 38.5 Å². The zero-order valence-corrected chi connectivity index (χ0v) is 14.3. The van der Waals surface area contributed by atoms with Gasteiger partial charge in [0.1, 0.15) is 5.60 Å². The second-order valence-electron chi connectivity index (χ2n) is 5.99. The molecule has 0 saturated heterocycles. The summed E-state index contributed by atoms with van der Waals surface area (Å²) < 4.78 is 15.5. The molecule has 0 aliphatic rings. The maximum Gasteiger partial charge on any atom is 0.408 e. The highest BCUT2D eigenvalue weighted by atomic mass is 16.6. The predicted molar refractivity (Wildman–Crippen MR) is 85.3 cm³/mol. The fourth-order valence-corrected chi connectivity index (χ4v) is 2.06. The number of aliphatic carboxylic acids is 1. The van der Waals surface area contributed by atoms with E-state index in [9.17, 15) is 14.7 Å². The third kappa shape index (κ3) is 5.02. The van der Waals surface area contributed by atoms with Gasteiger partial charge >= 0.3 is 12.1 Å². The number of carboxylic acids is 1. The van der Waals surface area contributed by atoms with E-state index in [4.69, 9.17) is 19.3 Å². The van der Waals surface area contributed by atoms with Crippen molar-refractivity contribution in [1.82, 2.24) is 5.32 Å². The first-order valence-corrected chi connectivity index (χ1v) is 7.22. The molecule has 2 atom stereocenters. The van der Waals surface area contributed by atoms with Crippen molar-refractivity contribution in [1.29, 1.82) is 0 Å². The number of carbonyl (C=O) groups is 2. The van der Waals surface area contributed by atoms with Crippen molar-refractivity contribution >= 4 is 12.1 Å². The molecule has 1 aromatic carbocycles. The number of para-hydroxylation sites is 1. The van der Waals surface area contributed by atoms with Crippen LogP contribution in [-0.2, 0) is 9.53 Å². The van der Waals surface area contributed by atoms with E-state index in [0.717, 1.165) is 0 Å². The second-order valence-corrected chi connectivity index (χ2v) is 5.99. The van der Waals surface area contributed by atoms with Crippen molar-refractivity contribution in [3.05, 3.63) is 23.8 Å². The number of aliphatic hydroxyl groups excluding tert-OH is 1. The number of hydrogen-bond acceptors (Lipinski definition) is 6. The molecular formula is C16H23NO7. The highest BCUT2D eigenvalue weighted by molar-refractivity contribution is 5.76. The zero-order chi connectivity index (χ0) is 18.5. The number of hydrogen-bond donors (Lipinski definition) is 3. The third-order valence-corrected chi connectivity index (χ3v) is 3.01. The summed E-state index contributed by atoms with van der Waals surface area (Å²) in [5, 5.41) is 21.5. The molecule has 0 spiro atoms. The SMILES string of the molecule is COc1cccc([C@@H](NC(=O)OC(C)(C)C)[C@@H](O)C(=O)O)c1OC. The lowest BCUT2D eigenvalue weighted by Crippen LogP contribution is -2.42. The van der Waals surface area contributed by atoms with Gasteiger partial charge in [-0.3, -0.25) is 0 Å². The second kappa shape index (κ2) is 7.87. The number of rotatable bonds is 6. The lowest BCUT2D eigenvalue weighted by atomic mass is 10.00. The fourth-order valence-electron chi connectivity index (χ4n) is 2.06. The summed E-state index contributed by atoms with van der Waals surface area (Å²) in [6.07, 6.45) is -2.77. The first-order valence-electron chi connectivity index (χ1n) is 7.22. The minimum atomic E-state index is -1.90. The van der Waals surface area contributed by atoms with Crippen LogP contribution in [0.2, 0.25) is 0 Å². The Balaban J connectivity index is 3.25. The molecule has 0 aromatic heterocycles. The largest absolute Gasteiger partial charge is 0.493 e. The van der Waals surface area contributed by atoms with Crippen molar-refractivity contribution in [3.8, 4) is 11.5 Å². The molecule has 0 bridgehead atoms. The van der Waals surface area contributed by atoms with Crippen LogP contribution in [-0.4, -0.2) is 48.2 Å². The molecule has 134 valence electrons. The Morgan fingerprint density at radius 1 is 1.17 bits per heavy atom. The van der Waals surface area contributed by atoms with Crippen LogP contribution in [0.25, 0.3) is 0 Å². The van der Waals surface area contributed by atoms with Crippen LogP contribution in [0, 0.1) is 0 Å². The molecule has 3 N–H and O–H groups in total. The number of alkyl carbamates (subject to hydrolysis) is 1. The molecule has 8 heteroatoms. The third-order valence-electron chi connectivity index (χ3n) is 3.01. The van der Waals surface area contributed by atoms with E-state index in [-0.39, 0.29) is 11.3 Å². The minimum absolute atomic E-state index is 0.210. The molecule has 24 heavy (non-hydrogen) atoms. The summed E-state index contributed by atoms with van der Waals surface area (Å²) >= 11 is 0.